The van der Waals surface area contributed by atoms with Crippen LogP contribution in [0.1, 0.15) is 55.2 Å². The lowest BCUT2D eigenvalue weighted by Crippen LogP contribution is -2.10. The SMILES string of the molecule is COc1ccc(-c2ccc(C3CCC(C)CC3)cc2)c(C)c1C. The summed E-state index contributed by atoms with van der Waals surface area (Å²) in [5.41, 5.74) is 6.68. The Bertz CT molecular complexity index is 661. The molecule has 0 radical (unpaired) electrons. The Labute approximate surface area is 140 Å². The van der Waals surface area contributed by atoms with Crippen molar-refractivity contribution in [2.24, 2.45) is 5.92 Å². The third-order valence-electron chi connectivity index (χ3n) is 5.67. The maximum Gasteiger partial charge on any atom is 0.122 e. The molecule has 1 saturated carbocycles. The first-order valence-electron chi connectivity index (χ1n) is 8.84. The van der Waals surface area contributed by atoms with Crippen molar-refractivity contribution in [2.75, 3.05) is 7.11 Å². The molecule has 0 N–H and O–H groups in total. The van der Waals surface area contributed by atoms with E-state index in [1.54, 1.807) is 7.11 Å². The van der Waals surface area contributed by atoms with Crippen molar-refractivity contribution in [3.63, 3.8) is 0 Å². The molecule has 0 spiro atoms. The number of rotatable bonds is 3. The monoisotopic (exact) mass is 308 g/mol. The topological polar surface area (TPSA) is 9.23 Å². The molecule has 3 rings (SSSR count). The minimum Gasteiger partial charge on any atom is -0.496 e. The molecule has 0 amide bonds. The zero-order valence-corrected chi connectivity index (χ0v) is 14.9. The first-order chi connectivity index (χ1) is 11.1. The normalized spacial score (nSPS) is 21.2. The lowest BCUT2D eigenvalue weighted by molar-refractivity contribution is 0.348. The Morgan fingerprint density at radius 1 is 0.826 bits per heavy atom. The highest BCUT2D eigenvalue weighted by atomic mass is 16.5. The van der Waals surface area contributed by atoms with E-state index in [-0.39, 0.29) is 0 Å². The van der Waals surface area contributed by atoms with Crippen LogP contribution in [0.4, 0.5) is 0 Å². The fraction of sp³-hybridized carbons (Fsp3) is 0.455. The van der Waals surface area contributed by atoms with Gasteiger partial charge < -0.3 is 4.74 Å². The molecule has 0 unspecified atom stereocenters. The van der Waals surface area contributed by atoms with E-state index in [4.69, 9.17) is 4.74 Å². The van der Waals surface area contributed by atoms with Gasteiger partial charge in [-0.2, -0.15) is 0 Å². The maximum atomic E-state index is 5.42. The lowest BCUT2D eigenvalue weighted by Gasteiger charge is -2.26. The predicted molar refractivity (Wildman–Crippen MR) is 98.3 cm³/mol. The summed E-state index contributed by atoms with van der Waals surface area (Å²) in [6.45, 7) is 6.70. The Balaban J connectivity index is 1.84. The molecule has 122 valence electrons. The highest BCUT2D eigenvalue weighted by molar-refractivity contribution is 5.70. The van der Waals surface area contributed by atoms with Gasteiger partial charge in [0, 0.05) is 0 Å². The van der Waals surface area contributed by atoms with Crippen molar-refractivity contribution >= 4 is 0 Å². The molecule has 2 aromatic carbocycles. The van der Waals surface area contributed by atoms with Crippen molar-refractivity contribution in [3.05, 3.63) is 53.1 Å². The third kappa shape index (κ3) is 3.29. The summed E-state index contributed by atoms with van der Waals surface area (Å²) < 4.78 is 5.42. The highest BCUT2D eigenvalue weighted by Gasteiger charge is 2.19. The molecule has 1 aliphatic carbocycles. The second kappa shape index (κ2) is 6.78. The van der Waals surface area contributed by atoms with Crippen LogP contribution >= 0.6 is 0 Å². The van der Waals surface area contributed by atoms with Gasteiger partial charge in [0.25, 0.3) is 0 Å². The van der Waals surface area contributed by atoms with Gasteiger partial charge in [-0.15, -0.1) is 0 Å². The van der Waals surface area contributed by atoms with E-state index in [0.717, 1.165) is 17.6 Å². The third-order valence-corrected chi connectivity index (χ3v) is 5.67. The van der Waals surface area contributed by atoms with Crippen LogP contribution in [0.5, 0.6) is 5.75 Å². The summed E-state index contributed by atoms with van der Waals surface area (Å²) in [4.78, 5) is 0. The summed E-state index contributed by atoms with van der Waals surface area (Å²) in [6.07, 6.45) is 5.45. The second-order valence-corrected chi connectivity index (χ2v) is 7.14. The second-order valence-electron chi connectivity index (χ2n) is 7.14. The molecule has 0 heterocycles. The Morgan fingerprint density at radius 3 is 2.09 bits per heavy atom. The van der Waals surface area contributed by atoms with Crippen molar-refractivity contribution < 1.29 is 4.74 Å². The van der Waals surface area contributed by atoms with E-state index in [1.165, 1.54) is 53.5 Å². The van der Waals surface area contributed by atoms with Crippen LogP contribution in [-0.2, 0) is 0 Å². The first-order valence-corrected chi connectivity index (χ1v) is 8.84. The zero-order chi connectivity index (χ0) is 16.4. The van der Waals surface area contributed by atoms with Crippen molar-refractivity contribution in [2.45, 2.75) is 52.4 Å². The zero-order valence-electron chi connectivity index (χ0n) is 14.9. The summed E-state index contributed by atoms with van der Waals surface area (Å²) in [5, 5.41) is 0. The smallest absolute Gasteiger partial charge is 0.122 e. The Kier molecular flexibility index (Phi) is 4.75. The minimum absolute atomic E-state index is 0.763. The van der Waals surface area contributed by atoms with Crippen LogP contribution in [-0.4, -0.2) is 7.11 Å². The molecule has 0 atom stereocenters. The lowest BCUT2D eigenvalue weighted by atomic mass is 9.79. The van der Waals surface area contributed by atoms with E-state index in [2.05, 4.69) is 57.2 Å². The average Bonchev–Trinajstić information content (AvgIpc) is 2.58. The molecular formula is C22H28O. The van der Waals surface area contributed by atoms with Crippen LogP contribution in [0.2, 0.25) is 0 Å². The van der Waals surface area contributed by atoms with Crippen LogP contribution in [0.25, 0.3) is 11.1 Å². The molecule has 23 heavy (non-hydrogen) atoms. The average molecular weight is 308 g/mol. The fourth-order valence-electron chi connectivity index (χ4n) is 3.86. The molecule has 1 nitrogen and oxygen atoms in total. The number of hydrogen-bond donors (Lipinski definition) is 0. The van der Waals surface area contributed by atoms with Gasteiger partial charge in [-0.25, -0.2) is 0 Å². The largest absolute Gasteiger partial charge is 0.496 e. The summed E-state index contributed by atoms with van der Waals surface area (Å²) in [6, 6.07) is 13.5. The van der Waals surface area contributed by atoms with Gasteiger partial charge in [0.15, 0.2) is 0 Å². The van der Waals surface area contributed by atoms with Gasteiger partial charge in [-0.1, -0.05) is 50.1 Å². The summed E-state index contributed by atoms with van der Waals surface area (Å²) in [5.74, 6) is 2.65. The van der Waals surface area contributed by atoms with E-state index in [9.17, 15) is 0 Å². The molecule has 1 aliphatic rings. The molecule has 1 heteroatoms. The van der Waals surface area contributed by atoms with E-state index in [1.807, 2.05) is 0 Å². The highest BCUT2D eigenvalue weighted by Crippen LogP contribution is 2.37. The molecular weight excluding hydrogens is 280 g/mol. The minimum atomic E-state index is 0.763. The molecule has 0 aromatic heterocycles. The molecule has 0 saturated heterocycles. The number of hydrogen-bond acceptors (Lipinski definition) is 1. The molecule has 1 fully saturated rings. The van der Waals surface area contributed by atoms with Crippen LogP contribution < -0.4 is 4.74 Å². The van der Waals surface area contributed by atoms with E-state index < -0.39 is 0 Å². The molecule has 2 aromatic rings. The van der Waals surface area contributed by atoms with E-state index >= 15 is 0 Å². The molecule has 0 aliphatic heterocycles. The number of methoxy groups -OCH3 is 1. The molecule has 0 bridgehead atoms. The Morgan fingerprint density at radius 2 is 1.48 bits per heavy atom. The van der Waals surface area contributed by atoms with Gasteiger partial charge in [0.2, 0.25) is 0 Å². The van der Waals surface area contributed by atoms with Gasteiger partial charge in [-0.05, 0) is 72.4 Å². The summed E-state index contributed by atoms with van der Waals surface area (Å²) >= 11 is 0. The van der Waals surface area contributed by atoms with Crippen LogP contribution in [0.3, 0.4) is 0 Å². The number of benzene rings is 2. The quantitative estimate of drug-likeness (QED) is 0.649. The fourth-order valence-corrected chi connectivity index (χ4v) is 3.86. The Hall–Kier alpha value is -1.76. The van der Waals surface area contributed by atoms with Crippen LogP contribution in [0, 0.1) is 19.8 Å². The van der Waals surface area contributed by atoms with Gasteiger partial charge in [0.1, 0.15) is 5.75 Å². The maximum absolute atomic E-state index is 5.42. The van der Waals surface area contributed by atoms with Crippen molar-refractivity contribution in [1.82, 2.24) is 0 Å². The summed E-state index contributed by atoms with van der Waals surface area (Å²) in [7, 11) is 1.74. The van der Waals surface area contributed by atoms with Gasteiger partial charge >= 0.3 is 0 Å². The van der Waals surface area contributed by atoms with E-state index in [0.29, 0.717) is 0 Å². The van der Waals surface area contributed by atoms with Gasteiger partial charge in [0.05, 0.1) is 7.11 Å². The first kappa shape index (κ1) is 16.1. The standard InChI is InChI=1S/C22H28O/c1-15-5-7-18(8-6-15)19-9-11-20(12-10-19)21-13-14-22(23-4)17(3)16(21)2/h9-15,18H,5-8H2,1-4H3. The number of ether oxygens (including phenoxy) is 1. The van der Waals surface area contributed by atoms with Crippen molar-refractivity contribution in [3.8, 4) is 16.9 Å². The van der Waals surface area contributed by atoms with Gasteiger partial charge in [-0.3, -0.25) is 0 Å². The predicted octanol–water partition coefficient (Wildman–Crippen LogP) is 6.27. The van der Waals surface area contributed by atoms with Crippen LogP contribution in [0.15, 0.2) is 36.4 Å². The van der Waals surface area contributed by atoms with Crippen molar-refractivity contribution in [1.29, 1.82) is 0 Å².